The molecule has 0 spiro atoms. The van der Waals surface area contributed by atoms with E-state index in [2.05, 4.69) is 5.32 Å². The average molecular weight is 255 g/mol. The molecule has 1 rings (SSSR count). The van der Waals surface area contributed by atoms with Gasteiger partial charge in [-0.2, -0.15) is 0 Å². The molecule has 1 aromatic carbocycles. The Labute approximate surface area is 108 Å². The van der Waals surface area contributed by atoms with Crippen molar-refractivity contribution in [2.75, 3.05) is 27.2 Å². The second-order valence-corrected chi connectivity index (χ2v) is 4.43. The molecule has 0 heterocycles. The summed E-state index contributed by atoms with van der Waals surface area (Å²) in [4.78, 5) is 13.7. The van der Waals surface area contributed by atoms with Gasteiger partial charge in [-0.05, 0) is 25.6 Å². The maximum absolute atomic E-state index is 12.0. The normalized spacial score (nSPS) is 12.2. The lowest BCUT2D eigenvalue weighted by molar-refractivity contribution is -0.129. The molecule has 0 aliphatic rings. The Bertz CT molecular complexity index is 343. The van der Waals surface area contributed by atoms with E-state index in [0.717, 1.165) is 25.1 Å². The number of rotatable bonds is 6. The molecule has 1 aromatic rings. The summed E-state index contributed by atoms with van der Waals surface area (Å²) in [6.45, 7) is 1.62. The van der Waals surface area contributed by atoms with E-state index < -0.39 is 5.38 Å². The van der Waals surface area contributed by atoms with Crippen LogP contribution in [0.3, 0.4) is 0 Å². The number of carbonyl (C=O) groups is 1. The third-order valence-corrected chi connectivity index (χ3v) is 3.04. The smallest absolute Gasteiger partial charge is 0.244 e. The Kier molecular flexibility index (Phi) is 6.01. The molecular weight excluding hydrogens is 236 g/mol. The highest BCUT2D eigenvalue weighted by molar-refractivity contribution is 6.30. The van der Waals surface area contributed by atoms with Crippen LogP contribution in [0, 0.1) is 0 Å². The van der Waals surface area contributed by atoms with E-state index in [0.29, 0.717) is 0 Å². The van der Waals surface area contributed by atoms with E-state index in [1.807, 2.05) is 37.4 Å². The highest BCUT2D eigenvalue weighted by atomic mass is 35.5. The lowest BCUT2D eigenvalue weighted by atomic mass is 10.1. The van der Waals surface area contributed by atoms with Gasteiger partial charge in [0, 0.05) is 13.6 Å². The molecule has 1 atom stereocenters. The van der Waals surface area contributed by atoms with Crippen molar-refractivity contribution in [1.29, 1.82) is 0 Å². The first-order chi connectivity index (χ1) is 8.16. The van der Waals surface area contributed by atoms with Crippen LogP contribution in [-0.2, 0) is 4.79 Å². The third-order valence-electron chi connectivity index (χ3n) is 2.61. The molecule has 0 radical (unpaired) electrons. The van der Waals surface area contributed by atoms with Gasteiger partial charge in [0.05, 0.1) is 0 Å². The average Bonchev–Trinajstić information content (AvgIpc) is 2.38. The standard InChI is InChI=1S/C13H19ClN2O/c1-15-9-6-10-16(2)13(17)12(14)11-7-4-3-5-8-11/h3-5,7-8,12,15H,6,9-10H2,1-2H3. The van der Waals surface area contributed by atoms with Gasteiger partial charge in [0.25, 0.3) is 0 Å². The molecule has 0 aliphatic carbocycles. The summed E-state index contributed by atoms with van der Waals surface area (Å²) >= 11 is 6.16. The number of hydrogen-bond acceptors (Lipinski definition) is 2. The van der Waals surface area contributed by atoms with Crippen LogP contribution in [0.5, 0.6) is 0 Å². The van der Waals surface area contributed by atoms with Gasteiger partial charge in [-0.3, -0.25) is 4.79 Å². The molecule has 0 aromatic heterocycles. The minimum absolute atomic E-state index is 0.0473. The Morgan fingerprint density at radius 1 is 1.41 bits per heavy atom. The fourth-order valence-corrected chi connectivity index (χ4v) is 1.87. The third kappa shape index (κ3) is 4.36. The van der Waals surface area contributed by atoms with Gasteiger partial charge in [0.15, 0.2) is 0 Å². The Hall–Kier alpha value is -1.06. The maximum atomic E-state index is 12.0. The summed E-state index contributed by atoms with van der Waals surface area (Å²) in [6.07, 6.45) is 0.928. The van der Waals surface area contributed by atoms with Crippen molar-refractivity contribution in [2.24, 2.45) is 0 Å². The molecule has 1 amide bonds. The molecule has 0 fully saturated rings. The highest BCUT2D eigenvalue weighted by Gasteiger charge is 2.20. The predicted molar refractivity (Wildman–Crippen MR) is 71.2 cm³/mol. The van der Waals surface area contributed by atoms with Gasteiger partial charge in [-0.15, -0.1) is 11.6 Å². The van der Waals surface area contributed by atoms with Crippen LogP contribution in [0.4, 0.5) is 0 Å². The minimum Gasteiger partial charge on any atom is -0.344 e. The molecule has 94 valence electrons. The lowest BCUT2D eigenvalue weighted by Crippen LogP contribution is -2.31. The van der Waals surface area contributed by atoms with Crippen LogP contribution < -0.4 is 5.32 Å². The zero-order chi connectivity index (χ0) is 12.7. The topological polar surface area (TPSA) is 32.3 Å². The second kappa shape index (κ2) is 7.30. The van der Waals surface area contributed by atoms with Crippen LogP contribution in [0.15, 0.2) is 30.3 Å². The Morgan fingerprint density at radius 2 is 2.06 bits per heavy atom. The monoisotopic (exact) mass is 254 g/mol. The molecule has 0 saturated heterocycles. The predicted octanol–water partition coefficient (Wildman–Crippen LogP) is 2.03. The number of benzene rings is 1. The number of likely N-dealkylation sites (N-methyl/N-ethyl adjacent to an activating group) is 1. The molecule has 0 saturated carbocycles. The van der Waals surface area contributed by atoms with Gasteiger partial charge in [-0.25, -0.2) is 0 Å². The summed E-state index contributed by atoms with van der Waals surface area (Å²) in [5.74, 6) is -0.0473. The second-order valence-electron chi connectivity index (χ2n) is 3.99. The number of alkyl halides is 1. The number of nitrogens with one attached hydrogen (secondary N) is 1. The van der Waals surface area contributed by atoms with Crippen LogP contribution in [0.2, 0.25) is 0 Å². The van der Waals surface area contributed by atoms with Crippen molar-refractivity contribution in [3.63, 3.8) is 0 Å². The minimum atomic E-state index is -0.587. The fraction of sp³-hybridized carbons (Fsp3) is 0.462. The molecule has 17 heavy (non-hydrogen) atoms. The largest absolute Gasteiger partial charge is 0.344 e. The van der Waals surface area contributed by atoms with E-state index >= 15 is 0 Å². The number of carbonyl (C=O) groups excluding carboxylic acids is 1. The molecule has 1 N–H and O–H groups in total. The molecule has 3 nitrogen and oxygen atoms in total. The molecule has 0 aliphatic heterocycles. The summed E-state index contributed by atoms with van der Waals surface area (Å²) in [5, 5.41) is 2.46. The first kappa shape index (κ1) is 14.0. The zero-order valence-corrected chi connectivity index (χ0v) is 11.1. The molecule has 0 bridgehead atoms. The van der Waals surface area contributed by atoms with E-state index in [-0.39, 0.29) is 5.91 Å². The van der Waals surface area contributed by atoms with Crippen LogP contribution >= 0.6 is 11.6 Å². The van der Waals surface area contributed by atoms with Crippen molar-refractivity contribution in [3.8, 4) is 0 Å². The summed E-state index contributed by atoms with van der Waals surface area (Å²) in [6, 6.07) is 9.43. The summed E-state index contributed by atoms with van der Waals surface area (Å²) in [7, 11) is 3.69. The first-order valence-electron chi connectivity index (χ1n) is 5.75. The van der Waals surface area contributed by atoms with Crippen molar-refractivity contribution < 1.29 is 4.79 Å². The van der Waals surface area contributed by atoms with Gasteiger partial charge < -0.3 is 10.2 Å². The Morgan fingerprint density at radius 3 is 2.65 bits per heavy atom. The van der Waals surface area contributed by atoms with E-state index in [1.54, 1.807) is 11.9 Å². The number of nitrogens with zero attached hydrogens (tertiary/aromatic N) is 1. The van der Waals surface area contributed by atoms with E-state index in [4.69, 9.17) is 11.6 Å². The summed E-state index contributed by atoms with van der Waals surface area (Å²) < 4.78 is 0. The van der Waals surface area contributed by atoms with Crippen molar-refractivity contribution >= 4 is 17.5 Å². The van der Waals surface area contributed by atoms with Crippen molar-refractivity contribution in [1.82, 2.24) is 10.2 Å². The van der Waals surface area contributed by atoms with Gasteiger partial charge in [0.1, 0.15) is 5.38 Å². The summed E-state index contributed by atoms with van der Waals surface area (Å²) in [5.41, 5.74) is 0.847. The maximum Gasteiger partial charge on any atom is 0.244 e. The van der Waals surface area contributed by atoms with Crippen LogP contribution in [0.25, 0.3) is 0 Å². The van der Waals surface area contributed by atoms with E-state index in [9.17, 15) is 4.79 Å². The number of hydrogen-bond donors (Lipinski definition) is 1. The SMILES string of the molecule is CNCCCN(C)C(=O)C(Cl)c1ccccc1. The Balaban J connectivity index is 2.51. The number of halogens is 1. The van der Waals surface area contributed by atoms with Gasteiger partial charge in [0.2, 0.25) is 5.91 Å². The highest BCUT2D eigenvalue weighted by Crippen LogP contribution is 2.22. The number of amides is 1. The van der Waals surface area contributed by atoms with Crippen molar-refractivity contribution in [2.45, 2.75) is 11.8 Å². The lowest BCUT2D eigenvalue weighted by Gasteiger charge is -2.20. The zero-order valence-electron chi connectivity index (χ0n) is 10.3. The van der Waals surface area contributed by atoms with Crippen molar-refractivity contribution in [3.05, 3.63) is 35.9 Å². The fourth-order valence-electron chi connectivity index (χ4n) is 1.56. The first-order valence-corrected chi connectivity index (χ1v) is 6.19. The van der Waals surface area contributed by atoms with E-state index in [1.165, 1.54) is 0 Å². The molecule has 4 heteroatoms. The molecular formula is C13H19ClN2O. The van der Waals surface area contributed by atoms with Crippen LogP contribution in [0.1, 0.15) is 17.4 Å². The molecule has 1 unspecified atom stereocenters. The quantitative estimate of drug-likeness (QED) is 0.622. The van der Waals surface area contributed by atoms with Gasteiger partial charge >= 0.3 is 0 Å². The van der Waals surface area contributed by atoms with Crippen LogP contribution in [-0.4, -0.2) is 38.0 Å². The van der Waals surface area contributed by atoms with Gasteiger partial charge in [-0.1, -0.05) is 30.3 Å².